The van der Waals surface area contributed by atoms with Gasteiger partial charge in [0.15, 0.2) is 0 Å². The van der Waals surface area contributed by atoms with Crippen molar-refractivity contribution in [1.29, 1.82) is 0 Å². The molecule has 1 unspecified atom stereocenters. The smallest absolute Gasteiger partial charge is 0.401 e. The van der Waals surface area contributed by atoms with E-state index in [4.69, 9.17) is 4.74 Å². The zero-order valence-corrected chi connectivity index (χ0v) is 14.2. The maximum atomic E-state index is 13.7. The fourth-order valence-electron chi connectivity index (χ4n) is 3.07. The fraction of sp³-hybridized carbons (Fsp3) is 0.611. The Labute approximate surface area is 145 Å². The Kier molecular flexibility index (Phi) is 6.81. The van der Waals surface area contributed by atoms with E-state index in [2.05, 4.69) is 0 Å². The van der Waals surface area contributed by atoms with Crippen LogP contribution in [-0.2, 0) is 9.53 Å². The Bertz CT molecular complexity index is 568. The monoisotopic (exact) mass is 361 g/mol. The predicted octanol–water partition coefficient (Wildman–Crippen LogP) is 4.14. The Hall–Kier alpha value is -1.63. The molecule has 1 aliphatic heterocycles. The second kappa shape index (κ2) is 8.65. The molecule has 0 N–H and O–H groups in total. The molecule has 1 fully saturated rings. The maximum absolute atomic E-state index is 13.7. The van der Waals surface area contributed by atoms with Gasteiger partial charge in [0.1, 0.15) is 5.82 Å². The van der Waals surface area contributed by atoms with Gasteiger partial charge < -0.3 is 4.74 Å². The topological polar surface area (TPSA) is 29.5 Å². The SMILES string of the molecule is CC(CC(=O)OCC1CCN(CC(F)(F)F)CC1)c1ccccc1F. The van der Waals surface area contributed by atoms with Gasteiger partial charge in [-0.15, -0.1) is 0 Å². The summed E-state index contributed by atoms with van der Waals surface area (Å²) in [5, 5.41) is 0. The van der Waals surface area contributed by atoms with Crippen LogP contribution < -0.4 is 0 Å². The van der Waals surface area contributed by atoms with Gasteiger partial charge in [-0.1, -0.05) is 25.1 Å². The number of piperidine rings is 1. The maximum Gasteiger partial charge on any atom is 0.401 e. The summed E-state index contributed by atoms with van der Waals surface area (Å²) in [5.74, 6) is -0.965. The van der Waals surface area contributed by atoms with Crippen LogP contribution in [0.3, 0.4) is 0 Å². The number of esters is 1. The molecule has 0 amide bonds. The Morgan fingerprint density at radius 2 is 1.92 bits per heavy atom. The first-order chi connectivity index (χ1) is 11.7. The molecule has 1 aromatic rings. The van der Waals surface area contributed by atoms with Gasteiger partial charge in [0, 0.05) is 0 Å². The third kappa shape index (κ3) is 6.65. The first kappa shape index (κ1) is 19.7. The number of carbonyl (C=O) groups excluding carboxylic acids is 1. The molecule has 0 spiro atoms. The number of hydrogen-bond acceptors (Lipinski definition) is 3. The number of hydrogen-bond donors (Lipinski definition) is 0. The Morgan fingerprint density at radius 3 is 2.52 bits per heavy atom. The van der Waals surface area contributed by atoms with E-state index < -0.39 is 18.7 Å². The minimum absolute atomic E-state index is 0.0772. The number of alkyl halides is 3. The molecule has 1 aromatic carbocycles. The van der Waals surface area contributed by atoms with Crippen molar-refractivity contribution in [3.05, 3.63) is 35.6 Å². The number of carbonyl (C=O) groups is 1. The molecule has 1 aliphatic rings. The summed E-state index contributed by atoms with van der Waals surface area (Å²) in [6, 6.07) is 6.31. The van der Waals surface area contributed by atoms with Crippen molar-refractivity contribution in [2.45, 2.75) is 38.3 Å². The van der Waals surface area contributed by atoms with Gasteiger partial charge in [-0.05, 0) is 49.4 Å². The lowest BCUT2D eigenvalue weighted by Crippen LogP contribution is -2.40. The van der Waals surface area contributed by atoms with E-state index in [1.165, 1.54) is 11.0 Å². The molecule has 3 nitrogen and oxygen atoms in total. The summed E-state index contributed by atoms with van der Waals surface area (Å²) in [6.45, 7) is 1.79. The van der Waals surface area contributed by atoms with Crippen molar-refractivity contribution in [2.75, 3.05) is 26.2 Å². The Balaban J connectivity index is 1.70. The molecule has 0 aromatic heterocycles. The quantitative estimate of drug-likeness (QED) is 0.563. The zero-order chi connectivity index (χ0) is 18.4. The molecule has 1 heterocycles. The highest BCUT2D eigenvalue weighted by molar-refractivity contribution is 5.70. The Morgan fingerprint density at radius 1 is 1.28 bits per heavy atom. The minimum atomic E-state index is -4.18. The van der Waals surface area contributed by atoms with Gasteiger partial charge in [-0.2, -0.15) is 13.2 Å². The lowest BCUT2D eigenvalue weighted by Gasteiger charge is -2.32. The van der Waals surface area contributed by atoms with Crippen molar-refractivity contribution >= 4 is 5.97 Å². The van der Waals surface area contributed by atoms with E-state index >= 15 is 0 Å². The molecule has 0 bridgehead atoms. The second-order valence-electron chi connectivity index (χ2n) is 6.64. The van der Waals surface area contributed by atoms with E-state index in [0.717, 1.165) is 0 Å². The molecule has 25 heavy (non-hydrogen) atoms. The first-order valence-electron chi connectivity index (χ1n) is 8.44. The lowest BCUT2D eigenvalue weighted by molar-refractivity contribution is -0.151. The third-order valence-corrected chi connectivity index (χ3v) is 4.50. The number of halogens is 4. The molecule has 0 radical (unpaired) electrons. The van der Waals surface area contributed by atoms with Crippen LogP contribution >= 0.6 is 0 Å². The van der Waals surface area contributed by atoms with Gasteiger partial charge in [0.2, 0.25) is 0 Å². The van der Waals surface area contributed by atoms with Crippen LogP contribution in [0.5, 0.6) is 0 Å². The number of rotatable bonds is 6. The number of likely N-dealkylation sites (tertiary alicyclic amines) is 1. The van der Waals surface area contributed by atoms with Crippen molar-refractivity contribution in [3.8, 4) is 0 Å². The minimum Gasteiger partial charge on any atom is -0.465 e. The van der Waals surface area contributed by atoms with Crippen molar-refractivity contribution in [2.24, 2.45) is 5.92 Å². The van der Waals surface area contributed by atoms with Crippen LogP contribution in [0.4, 0.5) is 17.6 Å². The number of nitrogens with zero attached hydrogens (tertiary/aromatic N) is 1. The summed E-state index contributed by atoms with van der Waals surface area (Å²) in [5.41, 5.74) is 0.472. The highest BCUT2D eigenvalue weighted by Gasteiger charge is 2.32. The molecule has 0 saturated carbocycles. The average molecular weight is 361 g/mol. The normalized spacial score (nSPS) is 18.1. The van der Waals surface area contributed by atoms with Gasteiger partial charge in [-0.3, -0.25) is 9.69 Å². The van der Waals surface area contributed by atoms with Crippen LogP contribution in [0.15, 0.2) is 24.3 Å². The van der Waals surface area contributed by atoms with Crippen LogP contribution in [0.1, 0.15) is 37.7 Å². The van der Waals surface area contributed by atoms with Crippen LogP contribution in [0, 0.1) is 11.7 Å². The van der Waals surface area contributed by atoms with E-state index in [1.54, 1.807) is 25.1 Å². The molecule has 0 aliphatic carbocycles. The van der Waals surface area contributed by atoms with Gasteiger partial charge in [0.25, 0.3) is 0 Å². The average Bonchev–Trinajstić information content (AvgIpc) is 2.53. The van der Waals surface area contributed by atoms with E-state index in [9.17, 15) is 22.4 Å². The van der Waals surface area contributed by atoms with Gasteiger partial charge >= 0.3 is 12.1 Å². The summed E-state index contributed by atoms with van der Waals surface area (Å²) in [6.07, 6.45) is -2.95. The van der Waals surface area contributed by atoms with Crippen molar-refractivity contribution in [1.82, 2.24) is 4.90 Å². The third-order valence-electron chi connectivity index (χ3n) is 4.50. The summed E-state index contributed by atoms with van der Waals surface area (Å²) < 4.78 is 56.0. The predicted molar refractivity (Wildman–Crippen MR) is 85.6 cm³/mol. The molecular formula is C18H23F4NO2. The molecule has 7 heteroatoms. The number of benzene rings is 1. The van der Waals surface area contributed by atoms with Crippen molar-refractivity contribution in [3.63, 3.8) is 0 Å². The second-order valence-corrected chi connectivity index (χ2v) is 6.64. The van der Waals surface area contributed by atoms with Gasteiger partial charge in [0.05, 0.1) is 19.6 Å². The molecule has 2 rings (SSSR count). The van der Waals surface area contributed by atoms with E-state index in [0.29, 0.717) is 31.5 Å². The molecular weight excluding hydrogens is 338 g/mol. The molecule has 140 valence electrons. The van der Waals surface area contributed by atoms with Crippen LogP contribution in [-0.4, -0.2) is 43.3 Å². The zero-order valence-electron chi connectivity index (χ0n) is 14.2. The largest absolute Gasteiger partial charge is 0.465 e. The standard InChI is InChI=1S/C18H23F4NO2/c1-13(15-4-2-3-5-16(15)19)10-17(24)25-11-14-6-8-23(9-7-14)12-18(20,21)22/h2-5,13-14H,6-12H2,1H3. The lowest BCUT2D eigenvalue weighted by atomic mass is 9.96. The first-order valence-corrected chi connectivity index (χ1v) is 8.44. The summed E-state index contributed by atoms with van der Waals surface area (Å²) in [4.78, 5) is 13.3. The van der Waals surface area contributed by atoms with Crippen LogP contribution in [0.2, 0.25) is 0 Å². The highest BCUT2D eigenvalue weighted by Crippen LogP contribution is 2.24. The van der Waals surface area contributed by atoms with Gasteiger partial charge in [-0.25, -0.2) is 4.39 Å². The highest BCUT2D eigenvalue weighted by atomic mass is 19.4. The van der Waals surface area contributed by atoms with E-state index in [-0.39, 0.29) is 30.7 Å². The van der Waals surface area contributed by atoms with Crippen LogP contribution in [0.25, 0.3) is 0 Å². The van der Waals surface area contributed by atoms with E-state index in [1.807, 2.05) is 0 Å². The molecule has 1 atom stereocenters. The molecule has 1 saturated heterocycles. The number of ether oxygens (including phenoxy) is 1. The van der Waals surface area contributed by atoms with Crippen molar-refractivity contribution < 1.29 is 27.1 Å². The fourth-order valence-corrected chi connectivity index (χ4v) is 3.07. The summed E-state index contributed by atoms with van der Waals surface area (Å²) >= 11 is 0. The summed E-state index contributed by atoms with van der Waals surface area (Å²) in [7, 11) is 0.